The molecule has 1 amide bonds. The highest BCUT2D eigenvalue weighted by Gasteiger charge is 2.19. The van der Waals surface area contributed by atoms with Gasteiger partial charge in [-0.2, -0.15) is 0 Å². The van der Waals surface area contributed by atoms with Crippen molar-refractivity contribution in [1.82, 2.24) is 5.16 Å². The standard InChI is InChI=1S/C23H14Cl2N2O3/c24-16-8-6-14(7-9-16)21-13-20(27-30-21)23(29)26-19-11-10-17(25)12-18(19)22(28)15-4-2-1-3-5-15/h1-13H,(H,26,29). The first-order chi connectivity index (χ1) is 14.5. The fourth-order valence-electron chi connectivity index (χ4n) is 2.88. The number of benzene rings is 3. The van der Waals surface area contributed by atoms with Crippen LogP contribution in [0.25, 0.3) is 11.3 Å². The van der Waals surface area contributed by atoms with Crippen molar-refractivity contribution < 1.29 is 14.1 Å². The molecule has 0 fully saturated rings. The van der Waals surface area contributed by atoms with Crippen LogP contribution < -0.4 is 5.32 Å². The first-order valence-corrected chi connectivity index (χ1v) is 9.70. The number of ketones is 1. The van der Waals surface area contributed by atoms with Crippen molar-refractivity contribution in [2.45, 2.75) is 0 Å². The molecule has 0 unspecified atom stereocenters. The molecule has 148 valence electrons. The van der Waals surface area contributed by atoms with Crippen molar-refractivity contribution in [2.24, 2.45) is 0 Å². The highest BCUT2D eigenvalue weighted by atomic mass is 35.5. The summed E-state index contributed by atoms with van der Waals surface area (Å²) in [6.45, 7) is 0. The summed E-state index contributed by atoms with van der Waals surface area (Å²) in [6, 6.07) is 21.9. The minimum Gasteiger partial charge on any atom is -0.355 e. The van der Waals surface area contributed by atoms with Gasteiger partial charge in [-0.1, -0.05) is 58.7 Å². The van der Waals surface area contributed by atoms with Gasteiger partial charge in [0.15, 0.2) is 17.2 Å². The van der Waals surface area contributed by atoms with Crippen molar-refractivity contribution in [1.29, 1.82) is 0 Å². The molecule has 0 spiro atoms. The summed E-state index contributed by atoms with van der Waals surface area (Å²) in [5, 5.41) is 7.53. The van der Waals surface area contributed by atoms with E-state index >= 15 is 0 Å². The molecule has 0 saturated carbocycles. The Morgan fingerprint density at radius 2 is 1.53 bits per heavy atom. The highest BCUT2D eigenvalue weighted by molar-refractivity contribution is 6.31. The summed E-state index contributed by atoms with van der Waals surface area (Å²) in [5.41, 5.74) is 1.91. The van der Waals surface area contributed by atoms with Crippen LogP contribution in [0, 0.1) is 0 Å². The number of aromatic nitrogens is 1. The van der Waals surface area contributed by atoms with Crippen LogP contribution in [0.1, 0.15) is 26.4 Å². The zero-order valence-corrected chi connectivity index (χ0v) is 16.9. The van der Waals surface area contributed by atoms with Crippen LogP contribution in [0.15, 0.2) is 83.4 Å². The minimum atomic E-state index is -0.511. The summed E-state index contributed by atoms with van der Waals surface area (Å²) in [4.78, 5) is 25.6. The Morgan fingerprint density at radius 3 is 2.27 bits per heavy atom. The summed E-state index contributed by atoms with van der Waals surface area (Å²) in [5.74, 6) is -0.340. The van der Waals surface area contributed by atoms with Gasteiger partial charge in [0.05, 0.1) is 5.69 Å². The zero-order valence-electron chi connectivity index (χ0n) is 15.4. The van der Waals surface area contributed by atoms with Crippen LogP contribution in [0.4, 0.5) is 5.69 Å². The lowest BCUT2D eigenvalue weighted by Gasteiger charge is -2.10. The van der Waals surface area contributed by atoms with E-state index in [0.29, 0.717) is 27.1 Å². The van der Waals surface area contributed by atoms with Crippen molar-refractivity contribution in [3.63, 3.8) is 0 Å². The van der Waals surface area contributed by atoms with E-state index in [-0.39, 0.29) is 17.0 Å². The number of anilines is 1. The average Bonchev–Trinajstić information content (AvgIpc) is 3.26. The Labute approximate surface area is 182 Å². The minimum absolute atomic E-state index is 0.0769. The zero-order chi connectivity index (χ0) is 21.1. The maximum atomic E-state index is 12.9. The molecule has 0 aliphatic rings. The van der Waals surface area contributed by atoms with E-state index < -0.39 is 5.91 Å². The van der Waals surface area contributed by atoms with Crippen LogP contribution in [-0.4, -0.2) is 16.8 Å². The number of carbonyl (C=O) groups is 2. The molecular weight excluding hydrogens is 423 g/mol. The molecular formula is C23H14Cl2N2O3. The molecule has 0 saturated heterocycles. The monoisotopic (exact) mass is 436 g/mol. The molecule has 4 rings (SSSR count). The molecule has 0 radical (unpaired) electrons. The number of nitrogens with zero attached hydrogens (tertiary/aromatic N) is 1. The predicted octanol–water partition coefficient (Wildman–Crippen LogP) is 6.13. The van der Waals surface area contributed by atoms with E-state index in [2.05, 4.69) is 10.5 Å². The Balaban J connectivity index is 1.60. The first-order valence-electron chi connectivity index (χ1n) is 8.94. The molecule has 0 atom stereocenters. The quantitative estimate of drug-likeness (QED) is 0.381. The third kappa shape index (κ3) is 4.27. The van der Waals surface area contributed by atoms with E-state index in [9.17, 15) is 9.59 Å². The molecule has 7 heteroatoms. The second-order valence-corrected chi connectivity index (χ2v) is 7.30. The third-order valence-electron chi connectivity index (χ3n) is 4.38. The third-order valence-corrected chi connectivity index (χ3v) is 4.87. The van der Waals surface area contributed by atoms with Gasteiger partial charge < -0.3 is 9.84 Å². The number of nitrogens with one attached hydrogen (secondary N) is 1. The molecule has 0 aliphatic heterocycles. The van der Waals surface area contributed by atoms with E-state index in [1.165, 1.54) is 12.1 Å². The molecule has 0 aliphatic carbocycles. The van der Waals surface area contributed by atoms with Gasteiger partial charge in [0.1, 0.15) is 0 Å². The smallest absolute Gasteiger partial charge is 0.277 e. The van der Waals surface area contributed by atoms with Crippen molar-refractivity contribution in [3.05, 3.63) is 106 Å². The molecule has 3 aromatic carbocycles. The maximum Gasteiger partial charge on any atom is 0.277 e. The Morgan fingerprint density at radius 1 is 0.833 bits per heavy atom. The normalized spacial score (nSPS) is 10.6. The van der Waals surface area contributed by atoms with Crippen LogP contribution in [0.2, 0.25) is 10.0 Å². The number of hydrogen-bond acceptors (Lipinski definition) is 4. The Kier molecular flexibility index (Phi) is 5.65. The number of carbonyl (C=O) groups excluding carboxylic acids is 2. The predicted molar refractivity (Wildman–Crippen MR) is 116 cm³/mol. The van der Waals surface area contributed by atoms with E-state index in [4.69, 9.17) is 27.7 Å². The molecule has 5 nitrogen and oxygen atoms in total. The highest BCUT2D eigenvalue weighted by Crippen LogP contribution is 2.26. The van der Waals surface area contributed by atoms with Crippen LogP contribution in [-0.2, 0) is 0 Å². The first kappa shape index (κ1) is 19.9. The fraction of sp³-hybridized carbons (Fsp3) is 0. The molecule has 4 aromatic rings. The average molecular weight is 437 g/mol. The van der Waals surface area contributed by atoms with Gasteiger partial charge in [-0.3, -0.25) is 9.59 Å². The molecule has 1 heterocycles. The lowest BCUT2D eigenvalue weighted by atomic mass is 10.0. The lowest BCUT2D eigenvalue weighted by molar-refractivity contribution is 0.101. The number of amides is 1. The summed E-state index contributed by atoms with van der Waals surface area (Å²) in [6.07, 6.45) is 0. The van der Waals surface area contributed by atoms with Crippen LogP contribution >= 0.6 is 23.2 Å². The Bertz CT molecular complexity index is 1220. The number of halogens is 2. The van der Waals surface area contributed by atoms with Gasteiger partial charge in [-0.05, 0) is 42.5 Å². The van der Waals surface area contributed by atoms with Gasteiger partial charge in [0.2, 0.25) is 0 Å². The van der Waals surface area contributed by atoms with E-state index in [1.807, 2.05) is 6.07 Å². The number of rotatable bonds is 5. The van der Waals surface area contributed by atoms with Gasteiger partial charge in [-0.25, -0.2) is 0 Å². The summed E-state index contributed by atoms with van der Waals surface area (Å²) < 4.78 is 5.27. The Hall–Kier alpha value is -3.41. The topological polar surface area (TPSA) is 72.2 Å². The number of hydrogen-bond donors (Lipinski definition) is 1. The van der Waals surface area contributed by atoms with Gasteiger partial charge in [-0.15, -0.1) is 0 Å². The lowest BCUT2D eigenvalue weighted by Crippen LogP contribution is -2.15. The van der Waals surface area contributed by atoms with E-state index in [0.717, 1.165) is 5.56 Å². The van der Waals surface area contributed by atoms with Crippen LogP contribution in [0.5, 0.6) is 0 Å². The van der Waals surface area contributed by atoms with E-state index in [1.54, 1.807) is 60.7 Å². The van der Waals surface area contributed by atoms with Gasteiger partial charge >= 0.3 is 0 Å². The maximum absolute atomic E-state index is 12.9. The van der Waals surface area contributed by atoms with Crippen molar-refractivity contribution >= 4 is 40.6 Å². The summed E-state index contributed by atoms with van der Waals surface area (Å²) >= 11 is 12.0. The SMILES string of the molecule is O=C(Nc1ccc(Cl)cc1C(=O)c1ccccc1)c1cc(-c2ccc(Cl)cc2)on1. The molecule has 30 heavy (non-hydrogen) atoms. The van der Waals surface area contributed by atoms with Crippen molar-refractivity contribution in [3.8, 4) is 11.3 Å². The largest absolute Gasteiger partial charge is 0.355 e. The van der Waals surface area contributed by atoms with Crippen molar-refractivity contribution in [2.75, 3.05) is 5.32 Å². The van der Waals surface area contributed by atoms with Crippen LogP contribution in [0.3, 0.4) is 0 Å². The molecule has 0 bridgehead atoms. The fourth-order valence-corrected chi connectivity index (χ4v) is 3.18. The second-order valence-electron chi connectivity index (χ2n) is 6.42. The van der Waals surface area contributed by atoms with Gasteiger partial charge in [0, 0.05) is 32.8 Å². The van der Waals surface area contributed by atoms with Gasteiger partial charge in [0.25, 0.3) is 5.91 Å². The molecule has 1 N–H and O–H groups in total. The summed E-state index contributed by atoms with van der Waals surface area (Å²) in [7, 11) is 0. The second kappa shape index (κ2) is 8.53. The molecule has 1 aromatic heterocycles.